The van der Waals surface area contributed by atoms with Crippen LogP contribution in [0.4, 0.5) is 15.8 Å². The van der Waals surface area contributed by atoms with Crippen LogP contribution >= 0.6 is 15.9 Å². The van der Waals surface area contributed by atoms with Gasteiger partial charge in [0.05, 0.1) is 0 Å². The van der Waals surface area contributed by atoms with Gasteiger partial charge >= 0.3 is 0 Å². The number of rotatable bonds is 2. The minimum atomic E-state index is -0.400. The largest absolute Gasteiger partial charge is 0.398 e. The maximum absolute atomic E-state index is 13.4. The van der Waals surface area contributed by atoms with Crippen LogP contribution in [0.1, 0.15) is 15.9 Å². The van der Waals surface area contributed by atoms with Gasteiger partial charge in [0.2, 0.25) is 0 Å². The second kappa shape index (κ2) is 5.40. The minimum Gasteiger partial charge on any atom is -0.398 e. The first-order valence-corrected chi connectivity index (χ1v) is 6.39. The Bertz CT molecular complexity index is 643. The molecular formula is C14H12BrFN2O. The Morgan fingerprint density at radius 3 is 2.63 bits per heavy atom. The molecule has 3 nitrogen and oxygen atoms in total. The molecule has 19 heavy (non-hydrogen) atoms. The number of hydrogen-bond donors (Lipinski definition) is 2. The number of nitrogens with two attached hydrogens (primary N) is 1. The molecule has 0 saturated carbocycles. The second-order valence-electron chi connectivity index (χ2n) is 4.15. The average Bonchev–Trinajstić information content (AvgIpc) is 2.37. The van der Waals surface area contributed by atoms with Gasteiger partial charge in [-0.15, -0.1) is 0 Å². The van der Waals surface area contributed by atoms with Crippen LogP contribution in [-0.4, -0.2) is 5.91 Å². The number of carbonyl (C=O) groups excluding carboxylic acids is 1. The number of nitrogen functional groups attached to an aromatic ring is 1. The predicted molar refractivity (Wildman–Crippen MR) is 77.6 cm³/mol. The van der Waals surface area contributed by atoms with Gasteiger partial charge in [-0.3, -0.25) is 4.79 Å². The van der Waals surface area contributed by atoms with E-state index in [2.05, 4.69) is 21.2 Å². The van der Waals surface area contributed by atoms with E-state index in [-0.39, 0.29) is 11.5 Å². The summed E-state index contributed by atoms with van der Waals surface area (Å²) in [6, 6.07) is 9.44. The lowest BCUT2D eigenvalue weighted by molar-refractivity contribution is 0.102. The maximum Gasteiger partial charge on any atom is 0.255 e. The zero-order chi connectivity index (χ0) is 14.0. The Hall–Kier alpha value is -1.88. The van der Waals surface area contributed by atoms with Crippen molar-refractivity contribution in [1.29, 1.82) is 0 Å². The average molecular weight is 323 g/mol. The van der Waals surface area contributed by atoms with Crippen LogP contribution in [0.3, 0.4) is 0 Å². The molecule has 2 aromatic rings. The lowest BCUT2D eigenvalue weighted by Crippen LogP contribution is -2.12. The molecule has 0 bridgehead atoms. The van der Waals surface area contributed by atoms with Gasteiger partial charge in [-0.1, -0.05) is 6.07 Å². The third-order valence-electron chi connectivity index (χ3n) is 2.69. The first kappa shape index (κ1) is 13.5. The highest BCUT2D eigenvalue weighted by atomic mass is 79.9. The lowest BCUT2D eigenvalue weighted by Gasteiger charge is -2.07. The van der Waals surface area contributed by atoms with E-state index in [1.165, 1.54) is 6.07 Å². The van der Waals surface area contributed by atoms with Crippen LogP contribution < -0.4 is 11.1 Å². The van der Waals surface area contributed by atoms with Gasteiger partial charge in [-0.05, 0) is 58.7 Å². The summed E-state index contributed by atoms with van der Waals surface area (Å²) in [5.41, 5.74) is 7.58. The van der Waals surface area contributed by atoms with Gasteiger partial charge in [0.1, 0.15) is 5.82 Å². The third-order valence-corrected chi connectivity index (χ3v) is 3.41. The van der Waals surface area contributed by atoms with Crippen molar-refractivity contribution in [3.05, 3.63) is 57.8 Å². The molecule has 0 aromatic heterocycles. The quantitative estimate of drug-likeness (QED) is 0.828. The number of benzene rings is 2. The summed E-state index contributed by atoms with van der Waals surface area (Å²) < 4.78 is 14.1. The number of aryl methyl sites for hydroxylation is 1. The molecule has 0 aliphatic rings. The van der Waals surface area contributed by atoms with E-state index in [4.69, 9.17) is 5.73 Å². The minimum absolute atomic E-state index is 0.268. The Balaban J connectivity index is 2.20. The normalized spacial score (nSPS) is 10.3. The summed E-state index contributed by atoms with van der Waals surface area (Å²) in [7, 11) is 0. The van der Waals surface area contributed by atoms with Gasteiger partial charge in [-0.25, -0.2) is 4.39 Å². The molecule has 0 heterocycles. The molecule has 1 amide bonds. The van der Waals surface area contributed by atoms with E-state index in [9.17, 15) is 9.18 Å². The van der Waals surface area contributed by atoms with Crippen LogP contribution in [0, 0.1) is 12.7 Å². The molecule has 0 spiro atoms. The monoisotopic (exact) mass is 322 g/mol. The van der Waals surface area contributed by atoms with Crippen molar-refractivity contribution in [2.24, 2.45) is 0 Å². The Morgan fingerprint density at radius 1 is 1.26 bits per heavy atom. The molecule has 2 rings (SSSR count). The van der Waals surface area contributed by atoms with Crippen molar-refractivity contribution in [3.8, 4) is 0 Å². The van der Waals surface area contributed by atoms with Crippen molar-refractivity contribution in [2.45, 2.75) is 6.92 Å². The highest BCUT2D eigenvalue weighted by molar-refractivity contribution is 9.10. The van der Waals surface area contributed by atoms with E-state index in [0.717, 1.165) is 4.47 Å². The van der Waals surface area contributed by atoms with E-state index < -0.39 is 5.82 Å². The summed E-state index contributed by atoms with van der Waals surface area (Å²) in [5.74, 6) is -0.774. The molecule has 0 aliphatic heterocycles. The Morgan fingerprint density at radius 2 is 2.00 bits per heavy atom. The maximum atomic E-state index is 13.4. The van der Waals surface area contributed by atoms with Crippen molar-refractivity contribution in [2.75, 3.05) is 11.1 Å². The molecule has 0 saturated heterocycles. The van der Waals surface area contributed by atoms with Gasteiger partial charge in [0, 0.05) is 21.4 Å². The van der Waals surface area contributed by atoms with Gasteiger partial charge < -0.3 is 11.1 Å². The summed E-state index contributed by atoms with van der Waals surface area (Å²) in [4.78, 5) is 11.9. The van der Waals surface area contributed by atoms with E-state index >= 15 is 0 Å². The van der Waals surface area contributed by atoms with Crippen molar-refractivity contribution in [3.63, 3.8) is 0 Å². The smallest absolute Gasteiger partial charge is 0.255 e. The van der Waals surface area contributed by atoms with Crippen LogP contribution in [0.5, 0.6) is 0 Å². The third kappa shape index (κ3) is 3.12. The number of nitrogens with one attached hydrogen (secondary N) is 1. The second-order valence-corrected chi connectivity index (χ2v) is 5.01. The molecule has 5 heteroatoms. The van der Waals surface area contributed by atoms with Crippen molar-refractivity contribution in [1.82, 2.24) is 0 Å². The summed E-state index contributed by atoms with van der Waals surface area (Å²) >= 11 is 3.27. The molecule has 0 aliphatic carbocycles. The van der Waals surface area contributed by atoms with Gasteiger partial charge in [0.15, 0.2) is 0 Å². The SMILES string of the molecule is Cc1ccc(C(=O)Nc2ccc(Br)c(N)c2)cc1F. The van der Waals surface area contributed by atoms with E-state index in [1.54, 1.807) is 37.3 Å². The first-order valence-electron chi connectivity index (χ1n) is 5.60. The van der Waals surface area contributed by atoms with Crippen LogP contribution in [0.15, 0.2) is 40.9 Å². The van der Waals surface area contributed by atoms with Crippen LogP contribution in [0.25, 0.3) is 0 Å². The van der Waals surface area contributed by atoms with Gasteiger partial charge in [-0.2, -0.15) is 0 Å². The Labute approximate surface area is 118 Å². The molecule has 3 N–H and O–H groups in total. The summed E-state index contributed by atoms with van der Waals surface area (Å²) in [5, 5.41) is 2.67. The zero-order valence-electron chi connectivity index (χ0n) is 10.2. The number of halogens is 2. The molecule has 0 atom stereocenters. The van der Waals surface area contributed by atoms with Crippen molar-refractivity contribution >= 4 is 33.2 Å². The van der Waals surface area contributed by atoms with Crippen LogP contribution in [0.2, 0.25) is 0 Å². The van der Waals surface area contributed by atoms with Crippen molar-refractivity contribution < 1.29 is 9.18 Å². The molecule has 0 radical (unpaired) electrons. The molecule has 2 aromatic carbocycles. The van der Waals surface area contributed by atoms with E-state index in [0.29, 0.717) is 16.9 Å². The zero-order valence-corrected chi connectivity index (χ0v) is 11.8. The summed E-state index contributed by atoms with van der Waals surface area (Å²) in [6.07, 6.45) is 0. The fourth-order valence-corrected chi connectivity index (χ4v) is 1.81. The fraction of sp³-hybridized carbons (Fsp3) is 0.0714. The van der Waals surface area contributed by atoms with Gasteiger partial charge in [0.25, 0.3) is 5.91 Å². The topological polar surface area (TPSA) is 55.1 Å². The molecule has 0 fully saturated rings. The highest BCUT2D eigenvalue weighted by Gasteiger charge is 2.09. The number of anilines is 2. The van der Waals surface area contributed by atoms with Crippen LogP contribution in [-0.2, 0) is 0 Å². The highest BCUT2D eigenvalue weighted by Crippen LogP contribution is 2.23. The fourth-order valence-electron chi connectivity index (χ4n) is 1.56. The first-order chi connectivity index (χ1) is 8.97. The molecular weight excluding hydrogens is 311 g/mol. The molecule has 0 unspecified atom stereocenters. The predicted octanol–water partition coefficient (Wildman–Crippen LogP) is 3.73. The summed E-state index contributed by atoms with van der Waals surface area (Å²) in [6.45, 7) is 1.65. The Kier molecular flexibility index (Phi) is 3.85. The number of carbonyl (C=O) groups is 1. The standard InChI is InChI=1S/C14H12BrFN2O/c1-8-2-3-9(6-12(8)16)14(19)18-10-4-5-11(15)13(17)7-10/h2-7H,17H2,1H3,(H,18,19). The molecule has 98 valence electrons. The lowest BCUT2D eigenvalue weighted by atomic mass is 10.1. The number of hydrogen-bond acceptors (Lipinski definition) is 2. The van der Waals surface area contributed by atoms with E-state index in [1.807, 2.05) is 0 Å². The number of amides is 1.